The summed E-state index contributed by atoms with van der Waals surface area (Å²) in [6, 6.07) is -1.05. The maximum atomic E-state index is 13.4. The first-order valence-electron chi connectivity index (χ1n) is 32.4. The van der Waals surface area contributed by atoms with Gasteiger partial charge in [-0.3, -0.25) is 9.59 Å². The third kappa shape index (κ3) is 44.3. The normalized spacial score (nSPS) is 19.5. The number of carbonyl (C=O) groups excluding carboxylic acids is 2. The zero-order chi connectivity index (χ0) is 58.9. The highest BCUT2D eigenvalue weighted by molar-refractivity contribution is 5.80. The van der Waals surface area contributed by atoms with Crippen LogP contribution in [0.5, 0.6) is 0 Å². The number of aliphatic hydroxyl groups is 5. The number of carbonyl (C=O) groups is 2. The number of aliphatic hydroxyl groups excluding tert-OH is 5. The Labute approximate surface area is 493 Å². The summed E-state index contributed by atoms with van der Waals surface area (Å²) in [6.07, 6.45) is 68.0. The zero-order valence-electron chi connectivity index (χ0n) is 51.1. The van der Waals surface area contributed by atoms with E-state index in [1.165, 1.54) is 77.0 Å². The SMILES string of the molecule is CC/C=C\C/C=C\C/C=C\C/C=C\C/C=C\CCCCCCCCCCCC(=O)OC1C(OCC(NC(=O)C(O)CCCCCC\C=C/C=C/C=C/C=C/CC)C(O)/C=C/CCCCCCCCCCCCC)OC(CO)C(O)C1O. The van der Waals surface area contributed by atoms with Crippen LogP contribution >= 0.6 is 0 Å². The fraction of sp³-hybridized carbons (Fsp3) is 0.686. The molecule has 1 saturated heterocycles. The van der Waals surface area contributed by atoms with Crippen molar-refractivity contribution in [3.8, 4) is 0 Å². The summed E-state index contributed by atoms with van der Waals surface area (Å²) in [7, 11) is 0. The number of hydrogen-bond acceptors (Lipinski definition) is 10. The molecule has 0 spiro atoms. The predicted octanol–water partition coefficient (Wildman–Crippen LogP) is 15.8. The van der Waals surface area contributed by atoms with E-state index in [9.17, 15) is 35.1 Å². The van der Waals surface area contributed by atoms with Crippen molar-refractivity contribution < 1.29 is 49.3 Å². The Bertz CT molecular complexity index is 1780. The lowest BCUT2D eigenvalue weighted by atomic mass is 9.99. The van der Waals surface area contributed by atoms with Gasteiger partial charge < -0.3 is 45.1 Å². The number of esters is 1. The van der Waals surface area contributed by atoms with Crippen molar-refractivity contribution in [1.82, 2.24) is 5.32 Å². The zero-order valence-corrected chi connectivity index (χ0v) is 51.1. The third-order valence-corrected chi connectivity index (χ3v) is 14.5. The first kappa shape index (κ1) is 75.1. The van der Waals surface area contributed by atoms with Gasteiger partial charge in [0.05, 0.1) is 25.4 Å². The lowest BCUT2D eigenvalue weighted by molar-refractivity contribution is -0.305. The molecule has 1 aliphatic heterocycles. The Hall–Kier alpha value is -3.94. The number of allylic oxidation sites excluding steroid dienone is 19. The van der Waals surface area contributed by atoms with Crippen molar-refractivity contribution in [1.29, 1.82) is 0 Å². The first-order chi connectivity index (χ1) is 39.7. The molecule has 0 aromatic rings. The van der Waals surface area contributed by atoms with E-state index in [-0.39, 0.29) is 19.4 Å². The lowest BCUT2D eigenvalue weighted by Gasteiger charge is -2.41. The third-order valence-electron chi connectivity index (χ3n) is 14.5. The Morgan fingerprint density at radius 3 is 1.48 bits per heavy atom. The van der Waals surface area contributed by atoms with Crippen LogP contribution in [0.15, 0.2) is 122 Å². The second-order valence-electron chi connectivity index (χ2n) is 21.8. The fourth-order valence-corrected chi connectivity index (χ4v) is 9.39. The van der Waals surface area contributed by atoms with E-state index in [1.807, 2.05) is 42.5 Å². The summed E-state index contributed by atoms with van der Waals surface area (Å²) in [5.74, 6) is -1.23. The maximum Gasteiger partial charge on any atom is 0.306 e. The van der Waals surface area contributed by atoms with E-state index in [1.54, 1.807) is 6.08 Å². The molecule has 1 aliphatic rings. The van der Waals surface area contributed by atoms with Crippen molar-refractivity contribution in [3.05, 3.63) is 122 Å². The second kappa shape index (κ2) is 56.5. The number of ether oxygens (including phenoxy) is 3. The minimum atomic E-state index is -1.63. The van der Waals surface area contributed by atoms with Crippen molar-refractivity contribution >= 4 is 11.9 Å². The van der Waals surface area contributed by atoms with Gasteiger partial charge in [0.15, 0.2) is 12.4 Å². The number of rotatable bonds is 53. The summed E-state index contributed by atoms with van der Waals surface area (Å²) in [5, 5.41) is 57.0. The average Bonchev–Trinajstić information content (AvgIpc) is 3.47. The molecule has 0 aliphatic carbocycles. The van der Waals surface area contributed by atoms with Crippen LogP contribution in [0, 0.1) is 0 Å². The smallest absolute Gasteiger partial charge is 0.306 e. The van der Waals surface area contributed by atoms with Gasteiger partial charge in [-0.05, 0) is 89.9 Å². The molecule has 1 amide bonds. The first-order valence-corrected chi connectivity index (χ1v) is 32.4. The van der Waals surface area contributed by atoms with E-state index in [2.05, 4.69) is 99.0 Å². The minimum Gasteiger partial charge on any atom is -0.454 e. The summed E-state index contributed by atoms with van der Waals surface area (Å²) in [6.45, 7) is 5.51. The Kier molecular flexibility index (Phi) is 52.4. The van der Waals surface area contributed by atoms with Crippen LogP contribution < -0.4 is 5.32 Å². The van der Waals surface area contributed by atoms with Gasteiger partial charge in [-0.2, -0.15) is 0 Å². The molecule has 1 heterocycles. The standard InChI is InChI=1S/C70H117NO10/c1-4-7-10-13-16-19-22-25-27-28-29-30-31-32-33-34-35-36-37-40-43-46-49-52-55-58-65(75)81-68-67(77)66(76)64(59-72)80-70(68)79-60-61(62(73)56-53-50-47-44-41-38-24-21-18-15-12-9-6-3)71-69(78)63(74)57-54-51-48-45-42-39-26-23-20-17-14-11-8-5-2/h7-8,10-11,14,16-17,19-20,23,25-27,29-30,32-33,39,53,56,61-64,66-68,70,72-74,76-77H,4-6,9,12-13,15,18,21-22,24,28,31,34-38,40-52,54-55,57-60H2,1-3H3,(H,71,78)/b10-7-,11-8+,17-14+,19-16-,23-20+,27-25-,30-29-,33-32-,39-26-,56-53+. The largest absolute Gasteiger partial charge is 0.454 e. The topological polar surface area (TPSA) is 175 Å². The monoisotopic (exact) mass is 1130 g/mol. The van der Waals surface area contributed by atoms with Crippen LogP contribution in [0.25, 0.3) is 0 Å². The molecule has 1 fully saturated rings. The molecule has 8 unspecified atom stereocenters. The predicted molar refractivity (Wildman–Crippen MR) is 338 cm³/mol. The average molecular weight is 1130 g/mol. The molecule has 0 radical (unpaired) electrons. The molecule has 0 aromatic heterocycles. The van der Waals surface area contributed by atoms with Gasteiger partial charge >= 0.3 is 5.97 Å². The van der Waals surface area contributed by atoms with Crippen molar-refractivity contribution in [2.24, 2.45) is 0 Å². The van der Waals surface area contributed by atoms with Crippen LogP contribution in [0.2, 0.25) is 0 Å². The number of nitrogens with one attached hydrogen (secondary N) is 1. The van der Waals surface area contributed by atoms with Crippen LogP contribution in [0.3, 0.4) is 0 Å². The number of unbranched alkanes of at least 4 members (excludes halogenated alkanes) is 24. The molecule has 1 rings (SSSR count). The molecule has 0 saturated carbocycles. The van der Waals surface area contributed by atoms with Gasteiger partial charge in [-0.1, -0.05) is 271 Å². The molecule has 81 heavy (non-hydrogen) atoms. The Morgan fingerprint density at radius 2 is 0.951 bits per heavy atom. The summed E-state index contributed by atoms with van der Waals surface area (Å²) in [4.78, 5) is 26.6. The minimum absolute atomic E-state index is 0.106. The van der Waals surface area contributed by atoms with Crippen LogP contribution in [-0.2, 0) is 23.8 Å². The fourth-order valence-electron chi connectivity index (χ4n) is 9.39. The van der Waals surface area contributed by atoms with Gasteiger partial charge in [0.2, 0.25) is 5.91 Å². The maximum absolute atomic E-state index is 13.4. The Balaban J connectivity index is 2.64. The number of amides is 1. The molecular formula is C70H117NO10. The van der Waals surface area contributed by atoms with Crippen LogP contribution in [-0.4, -0.2) is 99.6 Å². The van der Waals surface area contributed by atoms with Crippen molar-refractivity contribution in [2.75, 3.05) is 13.2 Å². The lowest BCUT2D eigenvalue weighted by Crippen LogP contribution is -2.61. The number of hydrogen-bond donors (Lipinski definition) is 6. The van der Waals surface area contributed by atoms with Gasteiger partial charge in [-0.25, -0.2) is 0 Å². The van der Waals surface area contributed by atoms with Crippen LogP contribution in [0.4, 0.5) is 0 Å². The van der Waals surface area contributed by atoms with Gasteiger partial charge in [0.1, 0.15) is 24.4 Å². The molecule has 11 heteroatoms. The van der Waals surface area contributed by atoms with Crippen molar-refractivity contribution in [3.63, 3.8) is 0 Å². The Morgan fingerprint density at radius 1 is 0.506 bits per heavy atom. The molecule has 0 aromatic carbocycles. The molecule has 11 nitrogen and oxygen atoms in total. The van der Waals surface area contributed by atoms with Gasteiger partial charge in [0.25, 0.3) is 0 Å². The molecular weight excluding hydrogens is 1010 g/mol. The summed E-state index contributed by atoms with van der Waals surface area (Å²) in [5.41, 5.74) is 0. The summed E-state index contributed by atoms with van der Waals surface area (Å²) < 4.78 is 17.6. The molecule has 6 N–H and O–H groups in total. The van der Waals surface area contributed by atoms with E-state index in [0.29, 0.717) is 12.8 Å². The van der Waals surface area contributed by atoms with E-state index < -0.39 is 67.4 Å². The second-order valence-corrected chi connectivity index (χ2v) is 21.8. The highest BCUT2D eigenvalue weighted by Gasteiger charge is 2.47. The molecule has 0 bridgehead atoms. The van der Waals surface area contributed by atoms with E-state index in [4.69, 9.17) is 14.2 Å². The summed E-state index contributed by atoms with van der Waals surface area (Å²) >= 11 is 0. The van der Waals surface area contributed by atoms with Gasteiger partial charge in [-0.15, -0.1) is 0 Å². The van der Waals surface area contributed by atoms with Gasteiger partial charge in [0, 0.05) is 6.42 Å². The highest BCUT2D eigenvalue weighted by Crippen LogP contribution is 2.26. The van der Waals surface area contributed by atoms with Crippen molar-refractivity contribution in [2.45, 2.75) is 294 Å². The van der Waals surface area contributed by atoms with E-state index in [0.717, 1.165) is 122 Å². The highest BCUT2D eigenvalue weighted by atomic mass is 16.7. The molecule has 462 valence electrons. The van der Waals surface area contributed by atoms with Crippen LogP contribution in [0.1, 0.15) is 245 Å². The molecule has 8 atom stereocenters. The van der Waals surface area contributed by atoms with E-state index >= 15 is 0 Å². The quantitative estimate of drug-likeness (QED) is 0.0149.